The van der Waals surface area contributed by atoms with Crippen LogP contribution in [0, 0.1) is 6.92 Å². The average molecular weight is 577 g/mol. The minimum Gasteiger partial charge on any atom is -0.491 e. The molecule has 0 spiro atoms. The van der Waals surface area contributed by atoms with Gasteiger partial charge >= 0.3 is 0 Å². The summed E-state index contributed by atoms with van der Waals surface area (Å²) in [5, 5.41) is 2.74. The van der Waals surface area contributed by atoms with E-state index in [9.17, 15) is 8.42 Å². The van der Waals surface area contributed by atoms with Crippen LogP contribution in [0.3, 0.4) is 0 Å². The van der Waals surface area contributed by atoms with Crippen LogP contribution in [0.4, 0.5) is 22.9 Å². The summed E-state index contributed by atoms with van der Waals surface area (Å²) in [5.41, 5.74) is 5.35. The zero-order valence-corrected chi connectivity index (χ0v) is 25.6. The lowest BCUT2D eigenvalue weighted by Crippen LogP contribution is -2.44. The lowest BCUT2D eigenvalue weighted by atomic mass is 10.0. The highest BCUT2D eigenvalue weighted by atomic mass is 32.2. The van der Waals surface area contributed by atoms with Crippen LogP contribution >= 0.6 is 0 Å². The molecule has 0 bridgehead atoms. The molecule has 1 N–H and O–H groups in total. The highest BCUT2D eigenvalue weighted by Crippen LogP contribution is 2.37. The molecule has 0 atom stereocenters. The summed E-state index contributed by atoms with van der Waals surface area (Å²) in [6.07, 6.45) is 2.90. The molecule has 2 aliphatic heterocycles. The maximum atomic E-state index is 13.1. The molecule has 0 saturated carbocycles. The summed E-state index contributed by atoms with van der Waals surface area (Å²) in [4.78, 5) is 19.3. The number of benzene rings is 2. The normalized spacial score (nSPS) is 15.6. The van der Waals surface area contributed by atoms with E-state index in [1.165, 1.54) is 11.3 Å². The number of rotatable bonds is 9. The molecule has 41 heavy (non-hydrogen) atoms. The quantitative estimate of drug-likeness (QED) is 0.376. The Morgan fingerprint density at radius 1 is 1.02 bits per heavy atom. The molecule has 1 saturated heterocycles. The van der Waals surface area contributed by atoms with Crippen molar-refractivity contribution in [2.24, 2.45) is 4.99 Å². The van der Waals surface area contributed by atoms with Gasteiger partial charge in [0.1, 0.15) is 17.3 Å². The van der Waals surface area contributed by atoms with E-state index in [1.54, 1.807) is 32.0 Å². The molecule has 0 unspecified atom stereocenters. The highest BCUT2D eigenvalue weighted by Gasteiger charge is 2.25. The van der Waals surface area contributed by atoms with Crippen molar-refractivity contribution in [1.82, 2.24) is 14.9 Å². The van der Waals surface area contributed by atoms with Crippen LogP contribution in [0.15, 0.2) is 46.3 Å². The topological polar surface area (TPSA) is 100 Å². The number of hydrogen-bond donors (Lipinski definition) is 1. The van der Waals surface area contributed by atoms with Crippen LogP contribution < -0.4 is 15.0 Å². The van der Waals surface area contributed by atoms with Gasteiger partial charge in [0, 0.05) is 62.6 Å². The van der Waals surface area contributed by atoms with Crippen molar-refractivity contribution in [2.45, 2.75) is 63.7 Å². The second-order valence-corrected chi connectivity index (χ2v) is 13.9. The van der Waals surface area contributed by atoms with E-state index < -0.39 is 15.1 Å². The molecule has 1 fully saturated rings. The zero-order valence-electron chi connectivity index (χ0n) is 24.8. The summed E-state index contributed by atoms with van der Waals surface area (Å²) < 4.78 is 32.5. The van der Waals surface area contributed by atoms with Crippen LogP contribution in [-0.4, -0.2) is 74.1 Å². The Kier molecular flexibility index (Phi) is 8.33. The monoisotopic (exact) mass is 576 g/mol. The SMILES string of the molecule is Cc1cc(Cc2nc3c(c(Nc4ccccc4S(=O)(=O)C(C)C)n2)N=CC3)c(OC(C)C)cc1N1CCN(C)CC1. The molecule has 0 radical (unpaired) electrons. The number of sulfone groups is 1. The number of nitrogens with one attached hydrogen (secondary N) is 1. The fraction of sp³-hybridized carbons (Fsp3) is 0.452. The van der Waals surface area contributed by atoms with Gasteiger partial charge in [-0.1, -0.05) is 12.1 Å². The molecule has 9 nitrogen and oxygen atoms in total. The van der Waals surface area contributed by atoms with E-state index in [1.807, 2.05) is 26.1 Å². The molecule has 2 aliphatic rings. The largest absolute Gasteiger partial charge is 0.491 e. The third kappa shape index (κ3) is 6.23. The first kappa shape index (κ1) is 29.0. The fourth-order valence-electron chi connectivity index (χ4n) is 5.22. The molecule has 5 rings (SSSR count). The van der Waals surface area contributed by atoms with Crippen LogP contribution in [0.1, 0.15) is 50.3 Å². The van der Waals surface area contributed by atoms with Gasteiger partial charge in [-0.05, 0) is 65.4 Å². The summed E-state index contributed by atoms with van der Waals surface area (Å²) in [7, 11) is -1.35. The van der Waals surface area contributed by atoms with Crippen LogP contribution in [0.5, 0.6) is 5.75 Å². The van der Waals surface area contributed by atoms with Gasteiger partial charge in [0.25, 0.3) is 0 Å². The van der Waals surface area contributed by atoms with E-state index in [4.69, 9.17) is 14.7 Å². The second kappa shape index (κ2) is 11.8. The number of hydrogen-bond acceptors (Lipinski definition) is 9. The van der Waals surface area contributed by atoms with Crippen molar-refractivity contribution in [3.63, 3.8) is 0 Å². The predicted molar refractivity (Wildman–Crippen MR) is 165 cm³/mol. The molecule has 3 heterocycles. The van der Waals surface area contributed by atoms with Gasteiger partial charge < -0.3 is 19.9 Å². The van der Waals surface area contributed by atoms with Gasteiger partial charge in [0.05, 0.1) is 27.6 Å². The molecule has 0 amide bonds. The Morgan fingerprint density at radius 3 is 2.46 bits per heavy atom. The number of aryl methyl sites for hydroxylation is 1. The Balaban J connectivity index is 1.50. The van der Waals surface area contributed by atoms with Gasteiger partial charge in [0.15, 0.2) is 15.7 Å². The van der Waals surface area contributed by atoms with Crippen molar-refractivity contribution in [2.75, 3.05) is 43.4 Å². The number of ether oxygens (including phenoxy) is 1. The van der Waals surface area contributed by atoms with Gasteiger partial charge in [-0.15, -0.1) is 0 Å². The fourth-order valence-corrected chi connectivity index (χ4v) is 6.42. The van der Waals surface area contributed by atoms with E-state index in [2.05, 4.69) is 46.2 Å². The molecular formula is C31H40N6O3S. The van der Waals surface area contributed by atoms with Crippen molar-refractivity contribution < 1.29 is 13.2 Å². The molecule has 1 aromatic heterocycles. The van der Waals surface area contributed by atoms with Gasteiger partial charge in [-0.25, -0.2) is 18.4 Å². The first-order chi connectivity index (χ1) is 19.5. The minimum absolute atomic E-state index is 0.0165. The summed E-state index contributed by atoms with van der Waals surface area (Å²) in [6, 6.07) is 11.3. The first-order valence-corrected chi connectivity index (χ1v) is 15.8. The molecule has 0 aliphatic carbocycles. The summed E-state index contributed by atoms with van der Waals surface area (Å²) in [6.45, 7) is 13.6. The first-order valence-electron chi connectivity index (χ1n) is 14.3. The van der Waals surface area contributed by atoms with Gasteiger partial charge in [-0.2, -0.15) is 0 Å². The Labute approximate surface area is 243 Å². The molecule has 3 aromatic rings. The van der Waals surface area contributed by atoms with E-state index in [-0.39, 0.29) is 11.0 Å². The third-order valence-corrected chi connectivity index (χ3v) is 9.72. The highest BCUT2D eigenvalue weighted by molar-refractivity contribution is 7.92. The van der Waals surface area contributed by atoms with Crippen molar-refractivity contribution in [3.8, 4) is 5.75 Å². The smallest absolute Gasteiger partial charge is 0.182 e. The summed E-state index contributed by atoms with van der Waals surface area (Å²) >= 11 is 0. The maximum absolute atomic E-state index is 13.1. The predicted octanol–water partition coefficient (Wildman–Crippen LogP) is 5.10. The maximum Gasteiger partial charge on any atom is 0.182 e. The summed E-state index contributed by atoms with van der Waals surface area (Å²) in [5.74, 6) is 1.96. The third-order valence-electron chi connectivity index (χ3n) is 7.51. The number of aliphatic imine (C=N–C) groups is 1. The number of aromatic nitrogens is 2. The minimum atomic E-state index is -3.51. The van der Waals surface area contributed by atoms with Crippen LogP contribution in [0.25, 0.3) is 0 Å². The Hall–Kier alpha value is -3.50. The number of piperazine rings is 1. The lowest BCUT2D eigenvalue weighted by Gasteiger charge is -2.35. The van der Waals surface area contributed by atoms with Crippen molar-refractivity contribution >= 4 is 38.9 Å². The second-order valence-electron chi connectivity index (χ2n) is 11.4. The Bertz CT molecular complexity index is 1560. The molecule has 2 aromatic carbocycles. The van der Waals surface area contributed by atoms with E-state index in [0.29, 0.717) is 35.9 Å². The van der Waals surface area contributed by atoms with E-state index >= 15 is 0 Å². The van der Waals surface area contributed by atoms with Gasteiger partial charge in [-0.3, -0.25) is 4.99 Å². The van der Waals surface area contributed by atoms with Crippen LogP contribution in [0.2, 0.25) is 0 Å². The van der Waals surface area contributed by atoms with E-state index in [0.717, 1.165) is 43.2 Å². The number of likely N-dealkylation sites (N-methyl/N-ethyl adjacent to an activating group) is 1. The number of para-hydroxylation sites is 1. The number of nitrogens with zero attached hydrogens (tertiary/aromatic N) is 5. The lowest BCUT2D eigenvalue weighted by molar-refractivity contribution is 0.240. The van der Waals surface area contributed by atoms with Crippen molar-refractivity contribution in [1.29, 1.82) is 0 Å². The number of anilines is 3. The molecule has 218 valence electrons. The molecular weight excluding hydrogens is 536 g/mol. The number of fused-ring (bicyclic) bond motifs is 1. The zero-order chi connectivity index (χ0) is 29.3. The van der Waals surface area contributed by atoms with Crippen LogP contribution in [-0.2, 0) is 22.7 Å². The molecule has 10 heteroatoms. The van der Waals surface area contributed by atoms with Crippen molar-refractivity contribution in [3.05, 3.63) is 59.0 Å². The average Bonchev–Trinajstić information content (AvgIpc) is 3.40. The van der Waals surface area contributed by atoms with Gasteiger partial charge in [0.2, 0.25) is 0 Å². The Morgan fingerprint density at radius 2 is 1.76 bits per heavy atom. The standard InChI is InChI=1S/C31H40N6O3S/c1-20(2)40-27-19-26(37-15-13-36(6)14-16-37)22(5)17-23(27)18-29-33-25-11-12-32-30(25)31(35-29)34-24-9-7-8-10-28(24)41(38,39)21(3)4/h7-10,12,17,19-21H,11,13-16,18H2,1-6H3,(H,33,34,35).